The highest BCUT2D eigenvalue weighted by atomic mass is 35.5. The van der Waals surface area contributed by atoms with Crippen molar-refractivity contribution in [1.82, 2.24) is 16.0 Å². The van der Waals surface area contributed by atoms with E-state index in [2.05, 4.69) is 61.0 Å². The molecule has 1 heterocycles. The molecule has 1 aromatic carbocycles. The Hall–Kier alpha value is -0.810. The van der Waals surface area contributed by atoms with E-state index in [1.165, 1.54) is 12.0 Å². The predicted octanol–water partition coefficient (Wildman–Crippen LogP) is 4.00. The summed E-state index contributed by atoms with van der Waals surface area (Å²) in [5.74, 6) is 0.162. The summed E-state index contributed by atoms with van der Waals surface area (Å²) in [6.07, 6.45) is 4.87. The molecule has 2 rings (SSSR count). The first-order valence-electron chi connectivity index (χ1n) is 9.41. The van der Waals surface area contributed by atoms with Gasteiger partial charge in [-0.2, -0.15) is 0 Å². The van der Waals surface area contributed by atoms with Gasteiger partial charge in [0.2, 0.25) is 5.91 Å². The number of halogens is 2. The first-order valence-corrected chi connectivity index (χ1v) is 9.41. The molecule has 1 saturated heterocycles. The Morgan fingerprint density at radius 1 is 1.23 bits per heavy atom. The largest absolute Gasteiger partial charge is 0.354 e. The van der Waals surface area contributed by atoms with E-state index in [1.807, 2.05) is 6.07 Å². The van der Waals surface area contributed by atoms with Gasteiger partial charge in [0.25, 0.3) is 0 Å². The second kappa shape index (κ2) is 12.6. The van der Waals surface area contributed by atoms with Crippen LogP contribution >= 0.6 is 24.8 Å². The zero-order valence-electron chi connectivity index (χ0n) is 16.2. The van der Waals surface area contributed by atoms with Gasteiger partial charge < -0.3 is 16.0 Å². The third-order valence-electron chi connectivity index (χ3n) is 5.39. The predicted molar refractivity (Wildman–Crippen MR) is 114 cm³/mol. The summed E-state index contributed by atoms with van der Waals surface area (Å²) in [7, 11) is 0. The highest BCUT2D eigenvalue weighted by Crippen LogP contribution is 2.21. The highest BCUT2D eigenvalue weighted by Gasteiger charge is 2.29. The quantitative estimate of drug-likeness (QED) is 0.583. The third kappa shape index (κ3) is 7.43. The normalized spacial score (nSPS) is 17.7. The van der Waals surface area contributed by atoms with E-state index in [0.717, 1.165) is 25.8 Å². The summed E-state index contributed by atoms with van der Waals surface area (Å²) < 4.78 is 0. The van der Waals surface area contributed by atoms with Crippen LogP contribution in [-0.2, 0) is 4.79 Å². The van der Waals surface area contributed by atoms with Crippen LogP contribution in [0, 0.1) is 0 Å². The fourth-order valence-electron chi connectivity index (χ4n) is 3.53. The van der Waals surface area contributed by atoms with Crippen LogP contribution in [0.2, 0.25) is 0 Å². The van der Waals surface area contributed by atoms with Gasteiger partial charge in [-0.05, 0) is 44.7 Å². The Morgan fingerprint density at radius 2 is 1.88 bits per heavy atom. The average molecular weight is 404 g/mol. The van der Waals surface area contributed by atoms with Crippen molar-refractivity contribution in [3.8, 4) is 0 Å². The molecule has 1 aromatic rings. The second-order valence-corrected chi connectivity index (χ2v) is 7.04. The molecule has 1 aliphatic heterocycles. The fraction of sp³-hybridized carbons (Fsp3) is 0.650. The maximum absolute atomic E-state index is 12.3. The van der Waals surface area contributed by atoms with E-state index in [4.69, 9.17) is 0 Å². The van der Waals surface area contributed by atoms with E-state index < -0.39 is 0 Å². The minimum Gasteiger partial charge on any atom is -0.354 e. The SMILES string of the molecule is CCC(CC)(CNC(=O)CC1CCCN1)NC(C)c1ccccc1.Cl.Cl. The Balaban J connectivity index is 0.00000312. The first kappa shape index (κ1) is 25.2. The molecule has 0 saturated carbocycles. The smallest absolute Gasteiger partial charge is 0.221 e. The van der Waals surface area contributed by atoms with Gasteiger partial charge in [-0.3, -0.25) is 4.79 Å². The molecule has 0 spiro atoms. The van der Waals surface area contributed by atoms with Crippen molar-refractivity contribution >= 4 is 30.7 Å². The van der Waals surface area contributed by atoms with Gasteiger partial charge in [-0.25, -0.2) is 0 Å². The Bertz CT molecular complexity index is 503. The van der Waals surface area contributed by atoms with Gasteiger partial charge in [0, 0.05) is 30.6 Å². The third-order valence-corrected chi connectivity index (χ3v) is 5.39. The summed E-state index contributed by atoms with van der Waals surface area (Å²) in [6, 6.07) is 11.1. The summed E-state index contributed by atoms with van der Waals surface area (Å²) in [6.45, 7) is 8.31. The maximum Gasteiger partial charge on any atom is 0.221 e. The number of amides is 1. The number of hydrogen-bond acceptors (Lipinski definition) is 3. The van der Waals surface area contributed by atoms with E-state index in [1.54, 1.807) is 0 Å². The lowest BCUT2D eigenvalue weighted by atomic mass is 9.90. The van der Waals surface area contributed by atoms with Gasteiger partial charge in [0.15, 0.2) is 0 Å². The van der Waals surface area contributed by atoms with Crippen molar-refractivity contribution in [3.63, 3.8) is 0 Å². The minimum absolute atomic E-state index is 0. The molecule has 4 nitrogen and oxygen atoms in total. The first-order chi connectivity index (χ1) is 11.6. The van der Waals surface area contributed by atoms with E-state index in [0.29, 0.717) is 19.0 Å². The van der Waals surface area contributed by atoms with Crippen molar-refractivity contribution in [3.05, 3.63) is 35.9 Å². The topological polar surface area (TPSA) is 53.2 Å². The van der Waals surface area contributed by atoms with Crippen LogP contribution in [0.1, 0.15) is 64.5 Å². The molecule has 26 heavy (non-hydrogen) atoms. The molecule has 1 fully saturated rings. The molecule has 0 bridgehead atoms. The highest BCUT2D eigenvalue weighted by molar-refractivity contribution is 5.85. The van der Waals surface area contributed by atoms with Crippen LogP contribution in [-0.4, -0.2) is 30.6 Å². The standard InChI is InChI=1S/C20H33N3O.2ClH/c1-4-20(5-2,23-16(3)17-10-7-6-8-11-17)15-22-19(24)14-18-12-9-13-21-18;;/h6-8,10-11,16,18,21,23H,4-5,9,12-15H2,1-3H3,(H,22,24);2*1H. The van der Waals surface area contributed by atoms with Crippen molar-refractivity contribution < 1.29 is 4.79 Å². The second-order valence-electron chi connectivity index (χ2n) is 7.04. The van der Waals surface area contributed by atoms with Crippen molar-refractivity contribution in [1.29, 1.82) is 0 Å². The molecule has 150 valence electrons. The zero-order valence-corrected chi connectivity index (χ0v) is 17.8. The number of hydrogen-bond donors (Lipinski definition) is 3. The van der Waals surface area contributed by atoms with Crippen LogP contribution in [0.25, 0.3) is 0 Å². The molecule has 2 unspecified atom stereocenters. The molecule has 6 heteroatoms. The van der Waals surface area contributed by atoms with E-state index in [9.17, 15) is 4.79 Å². The lowest BCUT2D eigenvalue weighted by molar-refractivity contribution is -0.121. The molecule has 1 amide bonds. The van der Waals surface area contributed by atoms with Crippen LogP contribution in [0.5, 0.6) is 0 Å². The van der Waals surface area contributed by atoms with Crippen molar-refractivity contribution in [2.24, 2.45) is 0 Å². The van der Waals surface area contributed by atoms with Crippen LogP contribution in [0.4, 0.5) is 0 Å². The molecule has 0 aromatic heterocycles. The zero-order chi connectivity index (χ0) is 17.4. The van der Waals surface area contributed by atoms with Gasteiger partial charge in [-0.1, -0.05) is 44.2 Å². The Morgan fingerprint density at radius 3 is 2.42 bits per heavy atom. The van der Waals surface area contributed by atoms with Crippen molar-refractivity contribution in [2.75, 3.05) is 13.1 Å². The maximum atomic E-state index is 12.3. The monoisotopic (exact) mass is 403 g/mol. The molecule has 3 N–H and O–H groups in total. The Labute approximate surface area is 171 Å². The lowest BCUT2D eigenvalue weighted by Crippen LogP contribution is -2.53. The summed E-state index contributed by atoms with van der Waals surface area (Å²) in [4.78, 5) is 12.3. The number of carbonyl (C=O) groups excluding carboxylic acids is 1. The molecule has 2 atom stereocenters. The molecule has 0 radical (unpaired) electrons. The van der Waals surface area contributed by atoms with Gasteiger partial charge in [0.05, 0.1) is 0 Å². The summed E-state index contributed by atoms with van der Waals surface area (Å²) in [5, 5.41) is 10.3. The van der Waals surface area contributed by atoms with E-state index >= 15 is 0 Å². The average Bonchev–Trinajstić information content (AvgIpc) is 3.12. The fourth-order valence-corrected chi connectivity index (χ4v) is 3.53. The van der Waals surface area contributed by atoms with Gasteiger partial charge >= 0.3 is 0 Å². The molecule has 1 aliphatic rings. The van der Waals surface area contributed by atoms with Crippen molar-refractivity contribution in [2.45, 2.75) is 70.5 Å². The van der Waals surface area contributed by atoms with Gasteiger partial charge in [0.1, 0.15) is 0 Å². The van der Waals surface area contributed by atoms with Crippen LogP contribution in [0.15, 0.2) is 30.3 Å². The summed E-state index contributed by atoms with van der Waals surface area (Å²) >= 11 is 0. The number of benzene rings is 1. The molecule has 0 aliphatic carbocycles. The Kier molecular flexibility index (Phi) is 12.2. The molecular weight excluding hydrogens is 369 g/mol. The molecular formula is C20H35Cl2N3O. The number of rotatable bonds is 9. The van der Waals surface area contributed by atoms with Crippen LogP contribution < -0.4 is 16.0 Å². The lowest BCUT2D eigenvalue weighted by Gasteiger charge is -2.36. The van der Waals surface area contributed by atoms with Crippen LogP contribution in [0.3, 0.4) is 0 Å². The minimum atomic E-state index is -0.0615. The summed E-state index contributed by atoms with van der Waals surface area (Å²) in [5.41, 5.74) is 1.22. The van der Waals surface area contributed by atoms with E-state index in [-0.39, 0.29) is 42.3 Å². The van der Waals surface area contributed by atoms with Gasteiger partial charge in [-0.15, -0.1) is 24.8 Å². The number of carbonyl (C=O) groups is 1. The number of nitrogens with one attached hydrogen (secondary N) is 3.